The maximum atomic E-state index is 13.0. The fraction of sp³-hybridized carbons (Fsp3) is 0.739. The summed E-state index contributed by atoms with van der Waals surface area (Å²) in [5.74, 6) is 1.82. The first-order chi connectivity index (χ1) is 12.9. The van der Waals surface area contributed by atoms with E-state index in [-0.39, 0.29) is 0 Å². The largest absolute Gasteiger partial charge is 0.303 e. The Labute approximate surface area is 166 Å². The van der Waals surface area contributed by atoms with Crippen molar-refractivity contribution in [2.24, 2.45) is 11.8 Å². The van der Waals surface area contributed by atoms with Crippen LogP contribution in [0.1, 0.15) is 71.6 Å². The van der Waals surface area contributed by atoms with Crippen molar-refractivity contribution < 1.29 is 8.42 Å². The monoisotopic (exact) mass is 391 g/mol. The van der Waals surface area contributed by atoms with Crippen LogP contribution in [0.25, 0.3) is 0 Å². The molecule has 1 unspecified atom stereocenters. The number of hydrogen-bond acceptors (Lipinski definition) is 3. The summed E-state index contributed by atoms with van der Waals surface area (Å²) in [5, 5.41) is 0. The van der Waals surface area contributed by atoms with Crippen molar-refractivity contribution >= 4 is 9.84 Å². The zero-order valence-corrected chi connectivity index (χ0v) is 18.0. The summed E-state index contributed by atoms with van der Waals surface area (Å²) in [6.45, 7) is 7.23. The van der Waals surface area contributed by atoms with Gasteiger partial charge in [0.05, 0.1) is 9.64 Å². The highest BCUT2D eigenvalue weighted by molar-refractivity contribution is 7.92. The van der Waals surface area contributed by atoms with E-state index in [1.54, 1.807) is 12.1 Å². The predicted molar refractivity (Wildman–Crippen MR) is 113 cm³/mol. The molecule has 0 amide bonds. The van der Waals surface area contributed by atoms with Crippen molar-refractivity contribution in [3.8, 4) is 0 Å². The molecule has 0 aromatic heterocycles. The molecule has 1 aromatic rings. The van der Waals surface area contributed by atoms with Gasteiger partial charge in [-0.05, 0) is 76.6 Å². The van der Waals surface area contributed by atoms with E-state index in [1.165, 1.54) is 58.0 Å². The molecule has 1 saturated carbocycles. The van der Waals surface area contributed by atoms with Gasteiger partial charge in [0.25, 0.3) is 0 Å². The van der Waals surface area contributed by atoms with E-state index < -0.39 is 14.6 Å². The molecule has 0 radical (unpaired) electrons. The van der Waals surface area contributed by atoms with Crippen LogP contribution < -0.4 is 0 Å². The minimum atomic E-state index is -3.29. The van der Waals surface area contributed by atoms with Gasteiger partial charge < -0.3 is 4.90 Å². The van der Waals surface area contributed by atoms with Crippen LogP contribution in [-0.2, 0) is 9.84 Å². The number of likely N-dealkylation sites (tertiary alicyclic amines) is 1. The van der Waals surface area contributed by atoms with E-state index in [9.17, 15) is 8.42 Å². The molecule has 0 N–H and O–H groups in total. The van der Waals surface area contributed by atoms with Gasteiger partial charge in [0, 0.05) is 6.54 Å². The molecule has 0 spiro atoms. The summed E-state index contributed by atoms with van der Waals surface area (Å²) in [6.07, 6.45) is 11.5. The molecule has 152 valence electrons. The van der Waals surface area contributed by atoms with Gasteiger partial charge in [-0.3, -0.25) is 0 Å². The first-order valence-corrected chi connectivity index (χ1v) is 12.4. The van der Waals surface area contributed by atoms with Crippen molar-refractivity contribution in [3.63, 3.8) is 0 Å². The van der Waals surface area contributed by atoms with Gasteiger partial charge in [0.15, 0.2) is 9.84 Å². The van der Waals surface area contributed by atoms with Crippen LogP contribution in [0, 0.1) is 11.8 Å². The van der Waals surface area contributed by atoms with Crippen molar-refractivity contribution in [3.05, 3.63) is 30.3 Å². The zero-order valence-electron chi connectivity index (χ0n) is 17.2. The van der Waals surface area contributed by atoms with Gasteiger partial charge >= 0.3 is 0 Å². The molecular formula is C23H37NO2S. The lowest BCUT2D eigenvalue weighted by Crippen LogP contribution is -2.40. The quantitative estimate of drug-likeness (QED) is 0.632. The van der Waals surface area contributed by atoms with Gasteiger partial charge in [-0.25, -0.2) is 8.42 Å². The summed E-state index contributed by atoms with van der Waals surface area (Å²) in [4.78, 5) is 3.05. The fourth-order valence-electron chi connectivity index (χ4n) is 5.07. The highest BCUT2D eigenvalue weighted by atomic mass is 32.2. The highest BCUT2D eigenvalue weighted by Crippen LogP contribution is 2.35. The van der Waals surface area contributed by atoms with Crippen LogP contribution >= 0.6 is 0 Å². The van der Waals surface area contributed by atoms with E-state index in [4.69, 9.17) is 0 Å². The molecular weight excluding hydrogens is 354 g/mol. The average molecular weight is 392 g/mol. The molecule has 1 saturated heterocycles. The summed E-state index contributed by atoms with van der Waals surface area (Å²) < 4.78 is 25.2. The third-order valence-electron chi connectivity index (χ3n) is 6.89. The molecule has 3 rings (SSSR count). The number of benzene rings is 1. The molecule has 1 aliphatic heterocycles. The first kappa shape index (κ1) is 20.9. The van der Waals surface area contributed by atoms with E-state index in [0.717, 1.165) is 31.2 Å². The summed E-state index contributed by atoms with van der Waals surface area (Å²) in [5.41, 5.74) is 0. The van der Waals surface area contributed by atoms with Crippen LogP contribution in [-0.4, -0.2) is 37.7 Å². The Morgan fingerprint density at radius 3 is 2.33 bits per heavy atom. The standard InChI is InChI=1S/C23H37NO2S/c1-23(2,27(25,26)22-14-7-4-8-15-22)16-10-18-24-17-9-13-21(19-24)20-11-5-3-6-12-20/h4,7-8,14-15,20-21H,3,5-6,9-13,16-19H2,1-2H3. The number of hydrogen-bond donors (Lipinski definition) is 0. The average Bonchev–Trinajstić information content (AvgIpc) is 2.69. The van der Waals surface area contributed by atoms with Crippen LogP contribution in [0.2, 0.25) is 0 Å². The van der Waals surface area contributed by atoms with E-state index in [1.807, 2.05) is 32.0 Å². The molecule has 1 atom stereocenters. The third-order valence-corrected chi connectivity index (χ3v) is 9.44. The molecule has 1 aliphatic carbocycles. The van der Waals surface area contributed by atoms with E-state index in [0.29, 0.717) is 4.90 Å². The Hall–Kier alpha value is -0.870. The molecule has 2 aliphatic rings. The normalized spacial score (nSPS) is 23.4. The number of nitrogens with zero attached hydrogens (tertiary/aromatic N) is 1. The lowest BCUT2D eigenvalue weighted by Gasteiger charge is -2.39. The maximum absolute atomic E-state index is 13.0. The van der Waals surface area contributed by atoms with Crippen molar-refractivity contribution in [1.82, 2.24) is 4.90 Å². The lowest BCUT2D eigenvalue weighted by atomic mass is 9.76. The predicted octanol–water partition coefficient (Wildman–Crippen LogP) is 5.31. The summed E-state index contributed by atoms with van der Waals surface area (Å²) >= 11 is 0. The zero-order chi connectivity index (χ0) is 19.3. The van der Waals surface area contributed by atoms with Crippen molar-refractivity contribution in [1.29, 1.82) is 0 Å². The van der Waals surface area contributed by atoms with Crippen LogP contribution in [0.3, 0.4) is 0 Å². The molecule has 27 heavy (non-hydrogen) atoms. The SMILES string of the molecule is CC(C)(CCCN1CCCC(C2CCCCC2)C1)S(=O)(=O)c1ccccc1. The second-order valence-corrected chi connectivity index (χ2v) is 11.9. The first-order valence-electron chi connectivity index (χ1n) is 10.9. The second-order valence-electron chi connectivity index (χ2n) is 9.28. The topological polar surface area (TPSA) is 37.4 Å². The summed E-state index contributed by atoms with van der Waals surface area (Å²) in [6, 6.07) is 8.92. The molecule has 0 bridgehead atoms. The molecule has 1 heterocycles. The Kier molecular flexibility index (Phi) is 7.02. The minimum absolute atomic E-state index is 0.449. The van der Waals surface area contributed by atoms with Crippen molar-refractivity contribution in [2.75, 3.05) is 19.6 Å². The van der Waals surface area contributed by atoms with Crippen LogP contribution in [0.15, 0.2) is 35.2 Å². The Balaban J connectivity index is 1.51. The van der Waals surface area contributed by atoms with Crippen LogP contribution in [0.5, 0.6) is 0 Å². The number of sulfone groups is 1. The molecule has 1 aromatic carbocycles. The smallest absolute Gasteiger partial charge is 0.183 e. The molecule has 2 fully saturated rings. The number of piperidine rings is 1. The maximum Gasteiger partial charge on any atom is 0.183 e. The Morgan fingerprint density at radius 2 is 1.63 bits per heavy atom. The van der Waals surface area contributed by atoms with Gasteiger partial charge in [-0.2, -0.15) is 0 Å². The molecule has 4 heteroatoms. The van der Waals surface area contributed by atoms with Crippen molar-refractivity contribution in [2.45, 2.75) is 81.3 Å². The number of rotatable bonds is 7. The molecule has 3 nitrogen and oxygen atoms in total. The Morgan fingerprint density at radius 1 is 0.963 bits per heavy atom. The van der Waals surface area contributed by atoms with Crippen LogP contribution in [0.4, 0.5) is 0 Å². The highest BCUT2D eigenvalue weighted by Gasteiger charge is 2.35. The second kappa shape index (κ2) is 9.09. The lowest BCUT2D eigenvalue weighted by molar-refractivity contribution is 0.113. The van der Waals surface area contributed by atoms with Gasteiger partial charge in [-0.1, -0.05) is 50.3 Å². The van der Waals surface area contributed by atoms with Gasteiger partial charge in [-0.15, -0.1) is 0 Å². The summed E-state index contributed by atoms with van der Waals surface area (Å²) in [7, 11) is -3.29. The van der Waals surface area contributed by atoms with Gasteiger partial charge in [0.1, 0.15) is 0 Å². The fourth-order valence-corrected chi connectivity index (χ4v) is 6.63. The van der Waals surface area contributed by atoms with E-state index >= 15 is 0 Å². The Bertz CT molecular complexity index is 678. The third kappa shape index (κ3) is 5.14. The minimum Gasteiger partial charge on any atom is -0.303 e. The van der Waals surface area contributed by atoms with Gasteiger partial charge in [0.2, 0.25) is 0 Å². The van der Waals surface area contributed by atoms with E-state index in [2.05, 4.69) is 4.90 Å².